The van der Waals surface area contributed by atoms with E-state index in [-0.39, 0.29) is 12.5 Å². The Morgan fingerprint density at radius 1 is 1.21 bits per heavy atom. The lowest BCUT2D eigenvalue weighted by atomic mass is 10.1. The number of carbonyl (C=O) groups is 1. The van der Waals surface area contributed by atoms with E-state index in [0.717, 1.165) is 29.1 Å². The lowest BCUT2D eigenvalue weighted by Gasteiger charge is -2.18. The maximum absolute atomic E-state index is 12.5. The molecule has 24 heavy (non-hydrogen) atoms. The summed E-state index contributed by atoms with van der Waals surface area (Å²) < 4.78 is 37.6. The number of alkyl halides is 3. The van der Waals surface area contributed by atoms with Gasteiger partial charge in [-0.1, -0.05) is 12.1 Å². The van der Waals surface area contributed by atoms with Gasteiger partial charge >= 0.3 is 6.18 Å². The van der Waals surface area contributed by atoms with Crippen LogP contribution in [0.1, 0.15) is 34.5 Å². The van der Waals surface area contributed by atoms with Gasteiger partial charge in [0.1, 0.15) is 0 Å². The van der Waals surface area contributed by atoms with Crippen LogP contribution in [0.4, 0.5) is 13.2 Å². The number of hydrogen-bond acceptors (Lipinski definition) is 2. The van der Waals surface area contributed by atoms with Crippen LogP contribution in [0.2, 0.25) is 0 Å². The number of halogens is 3. The number of carbonyl (C=O) groups excluding carboxylic acids is 1. The van der Waals surface area contributed by atoms with Crippen LogP contribution in [-0.4, -0.2) is 28.1 Å². The Hall–Kier alpha value is -2.31. The van der Waals surface area contributed by atoms with Crippen LogP contribution in [0.25, 0.3) is 0 Å². The van der Waals surface area contributed by atoms with Crippen molar-refractivity contribution in [3.8, 4) is 0 Å². The first-order chi connectivity index (χ1) is 11.2. The molecular weight excluding hydrogens is 319 g/mol. The molecule has 130 valence electrons. The van der Waals surface area contributed by atoms with Crippen molar-refractivity contribution < 1.29 is 18.0 Å². The summed E-state index contributed by atoms with van der Waals surface area (Å²) in [6.07, 6.45) is -3.43. The summed E-state index contributed by atoms with van der Waals surface area (Å²) in [7, 11) is 1.65. The highest BCUT2D eigenvalue weighted by Gasteiger charge is 2.29. The van der Waals surface area contributed by atoms with Crippen molar-refractivity contribution >= 4 is 5.91 Å². The van der Waals surface area contributed by atoms with Crippen molar-refractivity contribution in [2.75, 3.05) is 7.05 Å². The Morgan fingerprint density at radius 3 is 2.33 bits per heavy atom. The van der Waals surface area contributed by atoms with Crippen LogP contribution in [0.15, 0.2) is 24.3 Å². The van der Waals surface area contributed by atoms with E-state index in [1.165, 1.54) is 17.0 Å². The molecule has 0 saturated carbocycles. The fraction of sp³-hybridized carbons (Fsp3) is 0.412. The van der Waals surface area contributed by atoms with Crippen molar-refractivity contribution in [3.05, 3.63) is 52.3 Å². The molecule has 0 saturated heterocycles. The third-order valence-electron chi connectivity index (χ3n) is 4.00. The summed E-state index contributed by atoms with van der Waals surface area (Å²) in [4.78, 5) is 13.7. The molecule has 2 rings (SSSR count). The molecule has 0 aliphatic rings. The number of aromatic amines is 1. The Labute approximate surface area is 138 Å². The molecule has 2 aromatic rings. The van der Waals surface area contributed by atoms with Crippen LogP contribution >= 0.6 is 0 Å². The summed E-state index contributed by atoms with van der Waals surface area (Å²) in [6, 6.07) is 4.87. The minimum Gasteiger partial charge on any atom is -0.341 e. The largest absolute Gasteiger partial charge is 0.416 e. The van der Waals surface area contributed by atoms with Gasteiger partial charge in [-0.3, -0.25) is 9.89 Å². The van der Waals surface area contributed by atoms with Gasteiger partial charge in [0, 0.05) is 25.7 Å². The summed E-state index contributed by atoms with van der Waals surface area (Å²) >= 11 is 0. The molecular formula is C17H20F3N3O. The molecule has 1 aromatic carbocycles. The van der Waals surface area contributed by atoms with Gasteiger partial charge in [-0.25, -0.2) is 0 Å². The highest BCUT2D eigenvalue weighted by molar-refractivity contribution is 5.76. The molecule has 0 spiro atoms. The second kappa shape index (κ2) is 7.07. The zero-order chi connectivity index (χ0) is 17.9. The number of hydrogen-bond donors (Lipinski definition) is 1. The summed E-state index contributed by atoms with van der Waals surface area (Å²) in [5, 5.41) is 6.97. The summed E-state index contributed by atoms with van der Waals surface area (Å²) in [5.74, 6) is -0.0603. The fourth-order valence-corrected chi connectivity index (χ4v) is 2.53. The van der Waals surface area contributed by atoms with E-state index in [4.69, 9.17) is 0 Å². The normalized spacial score (nSPS) is 11.6. The molecule has 0 aliphatic carbocycles. The van der Waals surface area contributed by atoms with Crippen molar-refractivity contribution in [3.63, 3.8) is 0 Å². The molecule has 0 bridgehead atoms. The van der Waals surface area contributed by atoms with Gasteiger partial charge in [0.15, 0.2) is 0 Å². The first kappa shape index (κ1) is 18.0. The van der Waals surface area contributed by atoms with Crippen LogP contribution in [0.3, 0.4) is 0 Å². The third-order valence-corrected chi connectivity index (χ3v) is 4.00. The number of nitrogens with one attached hydrogen (secondary N) is 1. The lowest BCUT2D eigenvalue weighted by molar-refractivity contribution is -0.137. The predicted octanol–water partition coefficient (Wildman–Crippen LogP) is 3.64. The van der Waals surface area contributed by atoms with Crippen LogP contribution in [-0.2, 0) is 23.9 Å². The zero-order valence-corrected chi connectivity index (χ0v) is 13.9. The minimum atomic E-state index is -4.35. The average molecular weight is 339 g/mol. The van der Waals surface area contributed by atoms with Gasteiger partial charge in [0.25, 0.3) is 0 Å². The van der Waals surface area contributed by atoms with E-state index in [1.54, 1.807) is 7.05 Å². The standard InChI is InChI=1S/C17H20F3N3O/c1-11-15(12(2)22-21-11)8-9-16(24)23(3)10-13-4-6-14(7-5-13)17(18,19)20/h4-7H,8-10H2,1-3H3,(H,21,22). The van der Waals surface area contributed by atoms with Gasteiger partial charge in [0.05, 0.1) is 11.3 Å². The molecule has 1 heterocycles. The molecule has 0 radical (unpaired) electrons. The molecule has 4 nitrogen and oxygen atoms in total. The monoisotopic (exact) mass is 339 g/mol. The molecule has 7 heteroatoms. The van der Waals surface area contributed by atoms with Gasteiger partial charge in [-0.05, 0) is 43.5 Å². The van der Waals surface area contributed by atoms with Gasteiger partial charge in [0.2, 0.25) is 5.91 Å². The van der Waals surface area contributed by atoms with Crippen LogP contribution < -0.4 is 0 Å². The van der Waals surface area contributed by atoms with Crippen LogP contribution in [0.5, 0.6) is 0 Å². The number of rotatable bonds is 5. The number of amides is 1. The van der Waals surface area contributed by atoms with Crippen molar-refractivity contribution in [1.29, 1.82) is 0 Å². The Morgan fingerprint density at radius 2 is 1.83 bits per heavy atom. The first-order valence-electron chi connectivity index (χ1n) is 7.59. The van der Waals surface area contributed by atoms with E-state index >= 15 is 0 Å². The number of aryl methyl sites for hydroxylation is 2. The fourth-order valence-electron chi connectivity index (χ4n) is 2.53. The number of nitrogens with zero attached hydrogens (tertiary/aromatic N) is 2. The molecule has 0 atom stereocenters. The highest BCUT2D eigenvalue weighted by Crippen LogP contribution is 2.29. The van der Waals surface area contributed by atoms with E-state index < -0.39 is 11.7 Å². The molecule has 0 aliphatic heterocycles. The maximum Gasteiger partial charge on any atom is 0.416 e. The summed E-state index contributed by atoms with van der Waals surface area (Å²) in [6.45, 7) is 4.07. The summed E-state index contributed by atoms with van der Waals surface area (Å²) in [5.41, 5.74) is 2.84. The number of aromatic nitrogens is 2. The molecule has 1 aromatic heterocycles. The molecule has 0 unspecified atom stereocenters. The Bertz CT molecular complexity index is 685. The molecule has 0 fully saturated rings. The SMILES string of the molecule is Cc1n[nH]c(C)c1CCC(=O)N(C)Cc1ccc(C(F)(F)F)cc1. The smallest absolute Gasteiger partial charge is 0.341 e. The van der Waals surface area contributed by atoms with E-state index in [0.29, 0.717) is 18.4 Å². The maximum atomic E-state index is 12.5. The topological polar surface area (TPSA) is 49.0 Å². The van der Waals surface area contributed by atoms with Crippen molar-refractivity contribution in [2.45, 2.75) is 39.4 Å². The molecule has 1 amide bonds. The lowest BCUT2D eigenvalue weighted by Crippen LogP contribution is -2.26. The number of H-pyrrole nitrogens is 1. The minimum absolute atomic E-state index is 0.0603. The third kappa shape index (κ3) is 4.37. The average Bonchev–Trinajstić information content (AvgIpc) is 2.83. The Kier molecular flexibility index (Phi) is 5.31. The van der Waals surface area contributed by atoms with Gasteiger partial charge < -0.3 is 4.90 Å². The second-order valence-corrected chi connectivity index (χ2v) is 5.86. The van der Waals surface area contributed by atoms with Crippen molar-refractivity contribution in [1.82, 2.24) is 15.1 Å². The highest BCUT2D eigenvalue weighted by atomic mass is 19.4. The predicted molar refractivity (Wildman–Crippen MR) is 84.3 cm³/mol. The second-order valence-electron chi connectivity index (χ2n) is 5.86. The number of benzene rings is 1. The van der Waals surface area contributed by atoms with Crippen LogP contribution in [0, 0.1) is 13.8 Å². The molecule has 1 N–H and O–H groups in total. The Balaban J connectivity index is 1.92. The van der Waals surface area contributed by atoms with Crippen molar-refractivity contribution in [2.24, 2.45) is 0 Å². The zero-order valence-electron chi connectivity index (χ0n) is 13.9. The first-order valence-corrected chi connectivity index (χ1v) is 7.59. The van der Waals surface area contributed by atoms with E-state index in [2.05, 4.69) is 10.2 Å². The van der Waals surface area contributed by atoms with E-state index in [9.17, 15) is 18.0 Å². The quantitative estimate of drug-likeness (QED) is 0.904. The van der Waals surface area contributed by atoms with Gasteiger partial charge in [-0.2, -0.15) is 18.3 Å². The van der Waals surface area contributed by atoms with E-state index in [1.807, 2.05) is 13.8 Å². The van der Waals surface area contributed by atoms with Gasteiger partial charge in [-0.15, -0.1) is 0 Å².